The van der Waals surface area contributed by atoms with Gasteiger partial charge in [0.15, 0.2) is 0 Å². The van der Waals surface area contributed by atoms with Crippen molar-refractivity contribution in [2.75, 3.05) is 13.7 Å². The van der Waals surface area contributed by atoms with Crippen molar-refractivity contribution < 1.29 is 14.6 Å². The number of fused-ring (bicyclic) bond motifs is 2. The first kappa shape index (κ1) is 19.3. The predicted molar refractivity (Wildman–Crippen MR) is 104 cm³/mol. The Balaban J connectivity index is 1.74. The fourth-order valence-electron chi connectivity index (χ4n) is 5.51. The predicted octanol–water partition coefficient (Wildman–Crippen LogP) is 4.12. The number of aryl methyl sites for hydroxylation is 2. The van der Waals surface area contributed by atoms with Crippen LogP contribution in [0, 0.1) is 16.7 Å². The first-order chi connectivity index (χ1) is 12.4. The number of Topliss-reactive ketones (excluding diaryl/α,β-unsaturated/α-hetero) is 1. The summed E-state index contributed by atoms with van der Waals surface area (Å²) in [5, 5.41) is 9.01. The molecule has 0 aliphatic heterocycles. The van der Waals surface area contributed by atoms with E-state index in [1.165, 1.54) is 16.7 Å². The van der Waals surface area contributed by atoms with E-state index < -0.39 is 5.41 Å². The summed E-state index contributed by atoms with van der Waals surface area (Å²) in [6.07, 6.45) is 4.87. The number of benzene rings is 1. The molecule has 2 saturated carbocycles. The van der Waals surface area contributed by atoms with Gasteiger partial charge in [-0.15, -0.1) is 0 Å². The van der Waals surface area contributed by atoms with Crippen LogP contribution in [-0.2, 0) is 22.4 Å². The Bertz CT molecular complexity index is 690. The largest absolute Gasteiger partial charge is 0.396 e. The lowest BCUT2D eigenvalue weighted by molar-refractivity contribution is -0.141. The molecule has 0 amide bonds. The molecule has 0 heterocycles. The second kappa shape index (κ2) is 7.28. The van der Waals surface area contributed by atoms with E-state index in [-0.39, 0.29) is 18.1 Å². The number of aliphatic hydroxyl groups is 1. The Morgan fingerprint density at radius 1 is 1.31 bits per heavy atom. The third-order valence-electron chi connectivity index (χ3n) is 7.07. The van der Waals surface area contributed by atoms with Gasteiger partial charge < -0.3 is 9.84 Å². The maximum Gasteiger partial charge on any atom is 0.142 e. The summed E-state index contributed by atoms with van der Waals surface area (Å²) < 4.78 is 5.84. The normalized spacial score (nSPS) is 29.3. The molecule has 3 heteroatoms. The molecule has 2 bridgehead atoms. The molecular formula is C23H32O3. The minimum atomic E-state index is -0.419. The Hall–Kier alpha value is -1.45. The zero-order chi connectivity index (χ0) is 18.9. The lowest BCUT2D eigenvalue weighted by atomic mass is 9.60. The van der Waals surface area contributed by atoms with Gasteiger partial charge in [-0.3, -0.25) is 4.79 Å². The van der Waals surface area contributed by atoms with Crippen molar-refractivity contribution in [3.63, 3.8) is 0 Å². The number of ketones is 1. The Kier molecular flexibility index (Phi) is 5.41. The van der Waals surface area contributed by atoms with Crippen LogP contribution in [0.2, 0.25) is 0 Å². The third-order valence-corrected chi connectivity index (χ3v) is 7.07. The molecule has 2 fully saturated rings. The highest BCUT2D eigenvalue weighted by atomic mass is 16.5. The van der Waals surface area contributed by atoms with Crippen LogP contribution in [0.1, 0.15) is 50.7 Å². The van der Waals surface area contributed by atoms with Crippen molar-refractivity contribution in [1.29, 1.82) is 0 Å². The number of carbonyl (C=O) groups is 1. The second-order valence-electron chi connectivity index (χ2n) is 8.49. The van der Waals surface area contributed by atoms with E-state index >= 15 is 0 Å². The number of aliphatic hydroxyl groups excluding tert-OH is 1. The fourth-order valence-corrected chi connectivity index (χ4v) is 5.51. The van der Waals surface area contributed by atoms with E-state index in [9.17, 15) is 4.79 Å². The van der Waals surface area contributed by atoms with Crippen LogP contribution in [0.3, 0.4) is 0 Å². The standard InChI is InChI=1S/C23H32O3/c1-16-19-12-13-23(21(19)26-4,22(16,2)3)20(25)11-10-18-8-5-7-17(15-18)9-6-14-24/h5,7-8,15,19,21,24H,1,6,9-14H2,2-4H3. The Morgan fingerprint density at radius 3 is 2.65 bits per heavy atom. The van der Waals surface area contributed by atoms with E-state index in [0.29, 0.717) is 18.1 Å². The zero-order valence-corrected chi connectivity index (χ0v) is 16.4. The Labute approximate surface area is 157 Å². The molecule has 0 radical (unpaired) electrons. The van der Waals surface area contributed by atoms with E-state index in [1.807, 2.05) is 0 Å². The zero-order valence-electron chi connectivity index (χ0n) is 16.4. The average Bonchev–Trinajstić information content (AvgIpc) is 3.10. The molecule has 0 saturated heterocycles. The molecular weight excluding hydrogens is 324 g/mol. The molecule has 2 aliphatic rings. The third kappa shape index (κ3) is 2.86. The van der Waals surface area contributed by atoms with Crippen LogP contribution in [0.15, 0.2) is 36.4 Å². The van der Waals surface area contributed by atoms with Gasteiger partial charge in [0, 0.05) is 31.5 Å². The number of ether oxygens (including phenoxy) is 1. The number of hydrogen-bond donors (Lipinski definition) is 1. The molecule has 3 rings (SSSR count). The first-order valence-electron chi connectivity index (χ1n) is 9.82. The van der Waals surface area contributed by atoms with Crippen molar-refractivity contribution in [1.82, 2.24) is 0 Å². The maximum atomic E-state index is 13.4. The van der Waals surface area contributed by atoms with Gasteiger partial charge >= 0.3 is 0 Å². The molecule has 3 unspecified atom stereocenters. The summed E-state index contributed by atoms with van der Waals surface area (Å²) in [5.74, 6) is 0.650. The van der Waals surface area contributed by atoms with Gasteiger partial charge in [-0.05, 0) is 43.2 Å². The highest BCUT2D eigenvalue weighted by molar-refractivity contribution is 5.89. The van der Waals surface area contributed by atoms with Crippen molar-refractivity contribution >= 4 is 5.78 Å². The van der Waals surface area contributed by atoms with E-state index in [1.54, 1.807) is 7.11 Å². The summed E-state index contributed by atoms with van der Waals surface area (Å²) >= 11 is 0. The van der Waals surface area contributed by atoms with Gasteiger partial charge in [-0.25, -0.2) is 0 Å². The van der Waals surface area contributed by atoms with Gasteiger partial charge in [0.1, 0.15) is 5.78 Å². The fraction of sp³-hybridized carbons (Fsp3) is 0.609. The van der Waals surface area contributed by atoms with E-state index in [4.69, 9.17) is 9.84 Å². The van der Waals surface area contributed by atoms with Crippen LogP contribution in [0.25, 0.3) is 0 Å². The van der Waals surface area contributed by atoms with Crippen molar-refractivity contribution in [2.24, 2.45) is 16.7 Å². The average molecular weight is 357 g/mol. The van der Waals surface area contributed by atoms with E-state index in [2.05, 4.69) is 44.7 Å². The van der Waals surface area contributed by atoms with Gasteiger partial charge in [-0.1, -0.05) is 50.3 Å². The van der Waals surface area contributed by atoms with Crippen LogP contribution in [0.4, 0.5) is 0 Å². The van der Waals surface area contributed by atoms with Crippen molar-refractivity contribution in [3.05, 3.63) is 47.5 Å². The maximum absolute atomic E-state index is 13.4. The summed E-state index contributed by atoms with van der Waals surface area (Å²) in [6, 6.07) is 8.41. The van der Waals surface area contributed by atoms with Gasteiger partial charge in [0.25, 0.3) is 0 Å². The minimum absolute atomic E-state index is 0.0200. The summed E-state index contributed by atoms with van der Waals surface area (Å²) in [4.78, 5) is 13.4. The van der Waals surface area contributed by atoms with Crippen LogP contribution < -0.4 is 0 Å². The highest BCUT2D eigenvalue weighted by Gasteiger charge is 2.68. The Morgan fingerprint density at radius 2 is 2.00 bits per heavy atom. The lowest BCUT2D eigenvalue weighted by Gasteiger charge is -2.43. The minimum Gasteiger partial charge on any atom is -0.396 e. The summed E-state index contributed by atoms with van der Waals surface area (Å²) in [5.41, 5.74) is 3.00. The quantitative estimate of drug-likeness (QED) is 0.713. The molecule has 0 aromatic heterocycles. The molecule has 3 nitrogen and oxygen atoms in total. The molecule has 26 heavy (non-hydrogen) atoms. The molecule has 2 aliphatic carbocycles. The first-order valence-corrected chi connectivity index (χ1v) is 9.82. The van der Waals surface area contributed by atoms with E-state index in [0.717, 1.165) is 32.1 Å². The summed E-state index contributed by atoms with van der Waals surface area (Å²) in [6.45, 7) is 8.88. The van der Waals surface area contributed by atoms with Crippen LogP contribution in [-0.4, -0.2) is 30.7 Å². The van der Waals surface area contributed by atoms with Crippen LogP contribution >= 0.6 is 0 Å². The number of hydrogen-bond acceptors (Lipinski definition) is 3. The smallest absolute Gasteiger partial charge is 0.142 e. The molecule has 142 valence electrons. The molecule has 1 aromatic rings. The summed E-state index contributed by atoms with van der Waals surface area (Å²) in [7, 11) is 1.74. The van der Waals surface area contributed by atoms with Crippen LogP contribution in [0.5, 0.6) is 0 Å². The van der Waals surface area contributed by atoms with Gasteiger partial charge in [0.05, 0.1) is 11.5 Å². The van der Waals surface area contributed by atoms with Crippen molar-refractivity contribution in [2.45, 2.75) is 58.5 Å². The van der Waals surface area contributed by atoms with Gasteiger partial charge in [0.2, 0.25) is 0 Å². The number of carbonyl (C=O) groups excluding carboxylic acids is 1. The molecule has 3 atom stereocenters. The lowest BCUT2D eigenvalue weighted by Crippen LogP contribution is -2.47. The van der Waals surface area contributed by atoms with Gasteiger partial charge in [-0.2, -0.15) is 0 Å². The monoisotopic (exact) mass is 356 g/mol. The molecule has 1 aromatic carbocycles. The van der Waals surface area contributed by atoms with Crippen molar-refractivity contribution in [3.8, 4) is 0 Å². The number of methoxy groups -OCH3 is 1. The molecule has 0 spiro atoms. The topological polar surface area (TPSA) is 46.5 Å². The second-order valence-corrected chi connectivity index (χ2v) is 8.49. The highest BCUT2D eigenvalue weighted by Crippen LogP contribution is 2.67. The SMILES string of the molecule is C=C1C2CCC(C(=O)CCc3cccc(CCCO)c3)(C2OC)C1(C)C. The molecule has 1 N–H and O–H groups in total. The number of rotatable bonds is 8.